The zero-order chi connectivity index (χ0) is 32.4. The molecule has 0 aliphatic carbocycles. The number of hydrogen-bond donors (Lipinski definition) is 1. The fraction of sp³-hybridized carbons (Fsp3) is 0.257. The van der Waals surface area contributed by atoms with Crippen molar-refractivity contribution < 1.29 is 22.7 Å². The third kappa shape index (κ3) is 8.95. The number of rotatable bonds is 14. The van der Waals surface area contributed by atoms with Crippen LogP contribution < -0.4 is 14.4 Å². The smallest absolute Gasteiger partial charge is 0.264 e. The van der Waals surface area contributed by atoms with Crippen molar-refractivity contribution in [1.82, 2.24) is 10.2 Å². The normalized spacial score (nSPS) is 12.5. The number of carbonyl (C=O) groups excluding carboxylic acids is 2. The standard InChI is InChI=1S/C35H38BrN3O5S/c1-4-26(2)37-35(41)33(23-27-11-7-5-8-12-27)38(24-28-15-17-29(36)18-16-28)34(40)25-39(30-19-21-31(44-3)22-20-30)45(42,43)32-13-9-6-10-14-32/h5-22,26,33H,4,23-25H2,1-3H3,(H,37,41)/t26-,33+/m1/s1. The van der Waals surface area contributed by atoms with E-state index in [0.29, 0.717) is 17.9 Å². The van der Waals surface area contributed by atoms with E-state index < -0.39 is 28.5 Å². The minimum absolute atomic E-state index is 0.0448. The lowest BCUT2D eigenvalue weighted by atomic mass is 10.0. The quantitative estimate of drug-likeness (QED) is 0.170. The molecule has 10 heteroatoms. The Balaban J connectivity index is 1.79. The summed E-state index contributed by atoms with van der Waals surface area (Å²) in [6.07, 6.45) is 0.963. The Kier molecular flexibility index (Phi) is 11.8. The SMILES string of the molecule is CC[C@@H](C)NC(=O)[C@H](Cc1ccccc1)N(Cc1ccc(Br)cc1)C(=O)CN(c1ccc(OC)cc1)S(=O)(=O)c1ccccc1. The van der Waals surface area contributed by atoms with Crippen molar-refractivity contribution in [2.45, 2.75) is 50.2 Å². The molecule has 0 heterocycles. The molecule has 2 atom stereocenters. The highest BCUT2D eigenvalue weighted by molar-refractivity contribution is 9.10. The first kappa shape index (κ1) is 33.7. The highest BCUT2D eigenvalue weighted by Gasteiger charge is 2.35. The number of sulfonamides is 1. The minimum atomic E-state index is -4.17. The maximum absolute atomic E-state index is 14.5. The Morgan fingerprint density at radius 1 is 0.844 bits per heavy atom. The predicted molar refractivity (Wildman–Crippen MR) is 180 cm³/mol. The van der Waals surface area contributed by atoms with Gasteiger partial charge in [-0.15, -0.1) is 0 Å². The van der Waals surface area contributed by atoms with Gasteiger partial charge in [0, 0.05) is 23.5 Å². The minimum Gasteiger partial charge on any atom is -0.497 e. The molecule has 0 saturated carbocycles. The molecule has 0 fully saturated rings. The van der Waals surface area contributed by atoms with Crippen LogP contribution in [0.4, 0.5) is 5.69 Å². The average molecular weight is 693 g/mol. The monoisotopic (exact) mass is 691 g/mol. The van der Waals surface area contributed by atoms with Gasteiger partial charge >= 0.3 is 0 Å². The second-order valence-corrected chi connectivity index (χ2v) is 13.5. The molecule has 4 aromatic carbocycles. The lowest BCUT2D eigenvalue weighted by Gasteiger charge is -2.34. The van der Waals surface area contributed by atoms with Crippen LogP contribution in [0.25, 0.3) is 0 Å². The molecule has 0 radical (unpaired) electrons. The first-order chi connectivity index (χ1) is 21.6. The first-order valence-electron chi connectivity index (χ1n) is 14.7. The fourth-order valence-corrected chi connectivity index (χ4v) is 6.48. The van der Waals surface area contributed by atoms with Gasteiger partial charge in [-0.05, 0) is 73.0 Å². The van der Waals surface area contributed by atoms with Crippen molar-refractivity contribution in [3.8, 4) is 5.75 Å². The summed E-state index contributed by atoms with van der Waals surface area (Å²) < 4.78 is 35.4. The predicted octanol–water partition coefficient (Wildman–Crippen LogP) is 6.21. The summed E-state index contributed by atoms with van der Waals surface area (Å²) in [5.41, 5.74) is 1.96. The summed E-state index contributed by atoms with van der Waals surface area (Å²) in [4.78, 5) is 29.9. The summed E-state index contributed by atoms with van der Waals surface area (Å²) in [5.74, 6) is -0.280. The van der Waals surface area contributed by atoms with Crippen LogP contribution in [0.5, 0.6) is 5.75 Å². The van der Waals surface area contributed by atoms with Crippen LogP contribution in [-0.4, -0.2) is 50.9 Å². The van der Waals surface area contributed by atoms with Gasteiger partial charge in [-0.3, -0.25) is 13.9 Å². The highest BCUT2D eigenvalue weighted by atomic mass is 79.9. The van der Waals surface area contributed by atoms with E-state index in [4.69, 9.17) is 4.74 Å². The molecule has 236 valence electrons. The van der Waals surface area contributed by atoms with Gasteiger partial charge < -0.3 is 15.0 Å². The highest BCUT2D eigenvalue weighted by Crippen LogP contribution is 2.27. The van der Waals surface area contributed by atoms with Gasteiger partial charge in [0.1, 0.15) is 18.3 Å². The number of halogens is 1. The Morgan fingerprint density at radius 3 is 2.02 bits per heavy atom. The van der Waals surface area contributed by atoms with Crippen molar-refractivity contribution >= 4 is 43.5 Å². The van der Waals surface area contributed by atoms with Crippen molar-refractivity contribution in [3.63, 3.8) is 0 Å². The number of carbonyl (C=O) groups is 2. The van der Waals surface area contributed by atoms with Gasteiger partial charge in [0.2, 0.25) is 11.8 Å². The van der Waals surface area contributed by atoms with Crippen LogP contribution in [0.15, 0.2) is 119 Å². The number of hydrogen-bond acceptors (Lipinski definition) is 5. The van der Waals surface area contributed by atoms with E-state index in [-0.39, 0.29) is 29.8 Å². The largest absolute Gasteiger partial charge is 0.497 e. The van der Waals surface area contributed by atoms with Crippen molar-refractivity contribution in [2.24, 2.45) is 0 Å². The number of benzene rings is 4. The molecule has 8 nitrogen and oxygen atoms in total. The Morgan fingerprint density at radius 2 is 1.44 bits per heavy atom. The second kappa shape index (κ2) is 15.7. The number of methoxy groups -OCH3 is 1. The number of anilines is 1. The van der Waals surface area contributed by atoms with Crippen molar-refractivity contribution in [1.29, 1.82) is 0 Å². The summed E-state index contributed by atoms with van der Waals surface area (Å²) in [6, 6.07) is 30.4. The molecule has 0 bridgehead atoms. The molecule has 2 amide bonds. The van der Waals surface area contributed by atoms with Crippen LogP contribution in [0, 0.1) is 0 Å². The van der Waals surface area contributed by atoms with Gasteiger partial charge in [0.15, 0.2) is 0 Å². The molecular weight excluding hydrogens is 654 g/mol. The van der Waals surface area contributed by atoms with E-state index in [9.17, 15) is 18.0 Å². The lowest BCUT2D eigenvalue weighted by molar-refractivity contribution is -0.140. The molecule has 45 heavy (non-hydrogen) atoms. The Bertz CT molecular complexity index is 1650. The summed E-state index contributed by atoms with van der Waals surface area (Å²) in [5, 5.41) is 3.05. The average Bonchev–Trinajstić information content (AvgIpc) is 3.06. The third-order valence-corrected chi connectivity index (χ3v) is 9.83. The second-order valence-electron chi connectivity index (χ2n) is 10.7. The molecule has 0 aliphatic heterocycles. The molecule has 0 unspecified atom stereocenters. The van der Waals surface area contributed by atoms with Crippen molar-refractivity contribution in [3.05, 3.63) is 125 Å². The molecule has 1 N–H and O–H groups in total. The van der Waals surface area contributed by atoms with Crippen LogP contribution >= 0.6 is 15.9 Å². The van der Waals surface area contributed by atoms with E-state index in [1.54, 1.807) is 42.5 Å². The summed E-state index contributed by atoms with van der Waals surface area (Å²) >= 11 is 3.46. The molecule has 0 aromatic heterocycles. The Hall–Kier alpha value is -4.15. The molecule has 0 spiro atoms. The van der Waals surface area contributed by atoms with E-state index in [2.05, 4.69) is 21.2 Å². The fourth-order valence-electron chi connectivity index (χ4n) is 4.78. The molecule has 0 aliphatic rings. The summed E-state index contributed by atoms with van der Waals surface area (Å²) in [6.45, 7) is 3.46. The number of ether oxygens (including phenoxy) is 1. The topological polar surface area (TPSA) is 96.0 Å². The van der Waals surface area contributed by atoms with Crippen molar-refractivity contribution in [2.75, 3.05) is 18.0 Å². The summed E-state index contributed by atoms with van der Waals surface area (Å²) in [7, 11) is -2.65. The molecule has 4 aromatic rings. The number of nitrogens with zero attached hydrogens (tertiary/aromatic N) is 2. The van der Waals surface area contributed by atoms with Gasteiger partial charge in [0.05, 0.1) is 17.7 Å². The first-order valence-corrected chi connectivity index (χ1v) is 17.0. The zero-order valence-corrected chi connectivity index (χ0v) is 28.0. The van der Waals surface area contributed by atoms with E-state index in [1.807, 2.05) is 68.4 Å². The van der Waals surface area contributed by atoms with Crippen LogP contribution in [-0.2, 0) is 32.6 Å². The van der Waals surface area contributed by atoms with Crippen LogP contribution in [0.2, 0.25) is 0 Å². The van der Waals surface area contributed by atoms with E-state index in [0.717, 1.165) is 19.9 Å². The third-order valence-electron chi connectivity index (χ3n) is 7.51. The van der Waals surface area contributed by atoms with Crippen LogP contribution in [0.1, 0.15) is 31.4 Å². The van der Waals surface area contributed by atoms with Crippen LogP contribution in [0.3, 0.4) is 0 Å². The van der Waals surface area contributed by atoms with E-state index >= 15 is 0 Å². The van der Waals surface area contributed by atoms with Gasteiger partial charge in [-0.1, -0.05) is 83.5 Å². The lowest BCUT2D eigenvalue weighted by Crippen LogP contribution is -2.54. The molecule has 0 saturated heterocycles. The number of nitrogens with one attached hydrogen (secondary N) is 1. The maximum Gasteiger partial charge on any atom is 0.264 e. The molecular formula is C35H38BrN3O5S. The van der Waals surface area contributed by atoms with Gasteiger partial charge in [0.25, 0.3) is 10.0 Å². The zero-order valence-electron chi connectivity index (χ0n) is 25.6. The Labute approximate surface area is 274 Å². The maximum atomic E-state index is 14.5. The van der Waals surface area contributed by atoms with Gasteiger partial charge in [-0.25, -0.2) is 8.42 Å². The van der Waals surface area contributed by atoms with E-state index in [1.165, 1.54) is 24.1 Å². The number of amides is 2. The molecule has 4 rings (SSSR count). The van der Waals surface area contributed by atoms with Gasteiger partial charge in [-0.2, -0.15) is 0 Å².